The van der Waals surface area contributed by atoms with Gasteiger partial charge in [0.15, 0.2) is 0 Å². The van der Waals surface area contributed by atoms with Crippen LogP contribution in [0.5, 0.6) is 0 Å². The summed E-state index contributed by atoms with van der Waals surface area (Å²) in [5.74, 6) is 0.0966. The molecule has 1 atom stereocenters. The van der Waals surface area contributed by atoms with Crippen molar-refractivity contribution in [2.45, 2.75) is 26.3 Å². The lowest BCUT2D eigenvalue weighted by atomic mass is 9.99. The molecule has 1 aromatic heterocycles. The van der Waals surface area contributed by atoms with Crippen LogP contribution in [0.15, 0.2) is 46.3 Å². The van der Waals surface area contributed by atoms with Gasteiger partial charge < -0.3 is 10.0 Å². The molecule has 20 heavy (non-hydrogen) atoms. The number of hydrogen-bond acceptors (Lipinski definition) is 3. The second-order valence-corrected chi connectivity index (χ2v) is 6.65. The van der Waals surface area contributed by atoms with Crippen molar-refractivity contribution in [1.82, 2.24) is 4.90 Å². The highest BCUT2D eigenvalue weighted by Crippen LogP contribution is 2.39. The van der Waals surface area contributed by atoms with Crippen LogP contribution in [-0.4, -0.2) is 22.0 Å². The minimum atomic E-state index is -0.103. The number of aliphatic hydroxyl groups excluding tert-OH is 1. The van der Waals surface area contributed by atoms with Gasteiger partial charge in [-0.25, -0.2) is 0 Å². The number of aryl methyl sites for hydroxylation is 1. The Hall–Kier alpha value is -1.52. The molecule has 3 rings (SSSR count). The predicted molar refractivity (Wildman–Crippen MR) is 81.0 cm³/mol. The Bertz CT molecular complexity index is 684. The Morgan fingerprint density at radius 3 is 2.85 bits per heavy atom. The van der Waals surface area contributed by atoms with Gasteiger partial charge >= 0.3 is 0 Å². The number of amides is 1. The van der Waals surface area contributed by atoms with E-state index in [0.29, 0.717) is 11.5 Å². The molecule has 1 aliphatic heterocycles. The van der Waals surface area contributed by atoms with Crippen molar-refractivity contribution >= 4 is 28.8 Å². The first kappa shape index (κ1) is 13.5. The van der Waals surface area contributed by atoms with Gasteiger partial charge in [-0.3, -0.25) is 4.79 Å². The van der Waals surface area contributed by atoms with Crippen LogP contribution in [-0.2, 0) is 0 Å². The Kier molecular flexibility index (Phi) is 3.22. The SMILES string of the molecule is CC1=CC2=C(Cl)C(O)=CCC2N1C(=O)c1ccc(C)s1. The number of nitrogens with zero attached hydrogens (tertiary/aromatic N) is 1. The van der Waals surface area contributed by atoms with E-state index in [1.807, 2.05) is 32.1 Å². The smallest absolute Gasteiger partial charge is 0.268 e. The van der Waals surface area contributed by atoms with Crippen LogP contribution >= 0.6 is 22.9 Å². The van der Waals surface area contributed by atoms with E-state index in [0.717, 1.165) is 21.0 Å². The number of carbonyl (C=O) groups excluding carboxylic acids is 1. The van der Waals surface area contributed by atoms with Crippen molar-refractivity contribution in [3.63, 3.8) is 0 Å². The van der Waals surface area contributed by atoms with Gasteiger partial charge in [0.25, 0.3) is 5.91 Å². The van der Waals surface area contributed by atoms with Gasteiger partial charge in [-0.15, -0.1) is 11.3 Å². The van der Waals surface area contributed by atoms with Gasteiger partial charge in [-0.1, -0.05) is 11.6 Å². The molecule has 1 aromatic rings. The molecule has 2 heterocycles. The number of fused-ring (bicyclic) bond motifs is 1. The summed E-state index contributed by atoms with van der Waals surface area (Å²) in [5.41, 5.74) is 1.69. The van der Waals surface area contributed by atoms with Gasteiger partial charge in [-0.2, -0.15) is 0 Å². The third-order valence-corrected chi connectivity index (χ3v) is 5.00. The maximum absolute atomic E-state index is 12.7. The minimum absolute atomic E-state index is 0.00361. The largest absolute Gasteiger partial charge is 0.507 e. The van der Waals surface area contributed by atoms with Crippen LogP contribution < -0.4 is 0 Å². The molecule has 0 saturated carbocycles. The van der Waals surface area contributed by atoms with E-state index in [-0.39, 0.29) is 17.7 Å². The van der Waals surface area contributed by atoms with Gasteiger partial charge in [-0.05, 0) is 50.1 Å². The minimum Gasteiger partial charge on any atom is -0.507 e. The fourth-order valence-electron chi connectivity index (χ4n) is 2.65. The van der Waals surface area contributed by atoms with Crippen LogP contribution in [0.4, 0.5) is 0 Å². The average Bonchev–Trinajstić information content (AvgIpc) is 2.97. The fourth-order valence-corrected chi connectivity index (χ4v) is 3.71. The van der Waals surface area contributed by atoms with Crippen molar-refractivity contribution in [1.29, 1.82) is 0 Å². The molecule has 0 radical (unpaired) electrons. The van der Waals surface area contributed by atoms with E-state index in [1.54, 1.807) is 11.0 Å². The maximum atomic E-state index is 12.7. The van der Waals surface area contributed by atoms with E-state index in [9.17, 15) is 9.90 Å². The van der Waals surface area contributed by atoms with Crippen LogP contribution in [0.1, 0.15) is 27.9 Å². The average molecular weight is 308 g/mol. The van der Waals surface area contributed by atoms with E-state index in [2.05, 4.69) is 0 Å². The van der Waals surface area contributed by atoms with E-state index >= 15 is 0 Å². The summed E-state index contributed by atoms with van der Waals surface area (Å²) >= 11 is 7.63. The molecule has 1 aliphatic carbocycles. The van der Waals surface area contributed by atoms with Gasteiger partial charge in [0.2, 0.25) is 0 Å². The molecule has 5 heteroatoms. The molecule has 1 N–H and O–H groups in total. The quantitative estimate of drug-likeness (QED) is 0.847. The van der Waals surface area contributed by atoms with Crippen LogP contribution in [0.2, 0.25) is 0 Å². The van der Waals surface area contributed by atoms with Crippen LogP contribution in [0.3, 0.4) is 0 Å². The summed E-state index contributed by atoms with van der Waals surface area (Å²) < 4.78 is 0. The van der Waals surface area contributed by atoms with Crippen molar-refractivity contribution in [3.8, 4) is 0 Å². The Labute approximate surface area is 126 Å². The second kappa shape index (κ2) is 4.79. The zero-order valence-corrected chi connectivity index (χ0v) is 12.8. The highest BCUT2D eigenvalue weighted by molar-refractivity contribution is 7.13. The highest BCUT2D eigenvalue weighted by Gasteiger charge is 2.37. The summed E-state index contributed by atoms with van der Waals surface area (Å²) in [6.45, 7) is 3.88. The summed E-state index contributed by atoms with van der Waals surface area (Å²) in [6.07, 6.45) is 4.14. The predicted octanol–water partition coefficient (Wildman–Crippen LogP) is 4.12. The lowest BCUT2D eigenvalue weighted by Crippen LogP contribution is -2.36. The monoisotopic (exact) mass is 307 g/mol. The second-order valence-electron chi connectivity index (χ2n) is 4.98. The molecule has 1 amide bonds. The molecule has 1 unspecified atom stereocenters. The number of halogens is 1. The molecular formula is C15H14ClNO2S. The zero-order valence-electron chi connectivity index (χ0n) is 11.2. The molecule has 2 aliphatic rings. The van der Waals surface area contributed by atoms with E-state index < -0.39 is 0 Å². The van der Waals surface area contributed by atoms with Crippen LogP contribution in [0, 0.1) is 6.92 Å². The van der Waals surface area contributed by atoms with E-state index in [1.165, 1.54) is 11.3 Å². The summed E-state index contributed by atoms with van der Waals surface area (Å²) in [5, 5.41) is 10.0. The fraction of sp³-hybridized carbons (Fsp3) is 0.267. The molecule has 3 nitrogen and oxygen atoms in total. The normalized spacial score (nSPS) is 21.8. The lowest BCUT2D eigenvalue weighted by molar-refractivity contribution is 0.0785. The third kappa shape index (κ3) is 2.00. The molecule has 0 aromatic carbocycles. The van der Waals surface area contributed by atoms with E-state index in [4.69, 9.17) is 11.6 Å². The molecule has 0 spiro atoms. The van der Waals surface area contributed by atoms with Crippen molar-refractivity contribution in [2.75, 3.05) is 0 Å². The lowest BCUT2D eigenvalue weighted by Gasteiger charge is -2.28. The van der Waals surface area contributed by atoms with Crippen molar-refractivity contribution < 1.29 is 9.90 Å². The topological polar surface area (TPSA) is 40.5 Å². The van der Waals surface area contributed by atoms with Crippen molar-refractivity contribution in [3.05, 3.63) is 56.1 Å². The number of thiophene rings is 1. The number of rotatable bonds is 1. The summed E-state index contributed by atoms with van der Waals surface area (Å²) in [7, 11) is 0. The molecule has 0 bridgehead atoms. The van der Waals surface area contributed by atoms with Crippen molar-refractivity contribution in [2.24, 2.45) is 0 Å². The standard InChI is InChI=1S/C15H14ClNO2S/c1-8-7-10-11(4-5-12(18)14(10)16)17(8)15(19)13-6-3-9(2)20-13/h3,5-7,11,18H,4H2,1-2H3. The Morgan fingerprint density at radius 1 is 1.45 bits per heavy atom. The molecular weight excluding hydrogens is 294 g/mol. The Morgan fingerprint density at radius 2 is 2.20 bits per heavy atom. The number of hydrogen-bond donors (Lipinski definition) is 1. The van der Waals surface area contributed by atoms with Gasteiger partial charge in [0.05, 0.1) is 16.0 Å². The third-order valence-electron chi connectivity index (χ3n) is 3.60. The molecule has 0 fully saturated rings. The summed E-state index contributed by atoms with van der Waals surface area (Å²) in [6, 6.07) is 3.70. The number of aliphatic hydroxyl groups is 1. The molecule has 104 valence electrons. The highest BCUT2D eigenvalue weighted by atomic mass is 35.5. The zero-order chi connectivity index (χ0) is 14.4. The first-order valence-corrected chi connectivity index (χ1v) is 7.56. The maximum Gasteiger partial charge on any atom is 0.268 e. The Balaban J connectivity index is 1.97. The number of allylic oxidation sites excluding steroid dienone is 2. The molecule has 0 saturated heterocycles. The first-order chi connectivity index (χ1) is 9.49. The summed E-state index contributed by atoms with van der Waals surface area (Å²) in [4.78, 5) is 16.3. The van der Waals surface area contributed by atoms with Gasteiger partial charge in [0.1, 0.15) is 5.76 Å². The van der Waals surface area contributed by atoms with Gasteiger partial charge in [0, 0.05) is 10.6 Å². The number of carbonyl (C=O) groups is 1. The first-order valence-electron chi connectivity index (χ1n) is 6.36. The van der Waals surface area contributed by atoms with Crippen LogP contribution in [0.25, 0.3) is 0 Å².